The molecule has 2 rings (SSSR count). The molecular formula is C23H31F3N4O. The Bertz CT molecular complexity index is 897. The summed E-state index contributed by atoms with van der Waals surface area (Å²) in [5.41, 5.74) is 1.52. The van der Waals surface area contributed by atoms with Gasteiger partial charge in [0.25, 0.3) is 5.91 Å². The number of pyridine rings is 1. The molecule has 0 unspecified atom stereocenters. The number of nitrogens with zero attached hydrogens (tertiary/aromatic N) is 3. The maximum atomic E-state index is 13.8. The van der Waals surface area contributed by atoms with E-state index in [0.717, 1.165) is 30.3 Å². The van der Waals surface area contributed by atoms with Crippen molar-refractivity contribution in [3.05, 3.63) is 58.4 Å². The third kappa shape index (κ3) is 7.33. The van der Waals surface area contributed by atoms with Gasteiger partial charge in [-0.05, 0) is 83.3 Å². The van der Waals surface area contributed by atoms with Crippen LogP contribution in [-0.2, 0) is 12.7 Å². The molecule has 0 saturated heterocycles. The van der Waals surface area contributed by atoms with E-state index in [0.29, 0.717) is 18.7 Å². The van der Waals surface area contributed by atoms with Crippen LogP contribution in [0.25, 0.3) is 0 Å². The summed E-state index contributed by atoms with van der Waals surface area (Å²) in [7, 11) is 3.94. The fraction of sp³-hybridized carbons (Fsp3) is 0.478. The van der Waals surface area contributed by atoms with Gasteiger partial charge in [0.2, 0.25) is 0 Å². The molecule has 2 aromatic rings. The van der Waals surface area contributed by atoms with Crippen molar-refractivity contribution >= 4 is 11.6 Å². The van der Waals surface area contributed by atoms with Gasteiger partial charge in [-0.15, -0.1) is 0 Å². The Morgan fingerprint density at radius 2 is 1.84 bits per heavy atom. The van der Waals surface area contributed by atoms with E-state index in [1.807, 2.05) is 39.8 Å². The number of halogens is 3. The van der Waals surface area contributed by atoms with Gasteiger partial charge in [-0.1, -0.05) is 13.0 Å². The first-order chi connectivity index (χ1) is 14.5. The number of rotatable bonds is 9. The van der Waals surface area contributed by atoms with Gasteiger partial charge < -0.3 is 10.2 Å². The predicted molar refractivity (Wildman–Crippen MR) is 117 cm³/mol. The number of benzene rings is 1. The lowest BCUT2D eigenvalue weighted by Gasteiger charge is -2.24. The molecule has 1 heterocycles. The molecular weight excluding hydrogens is 405 g/mol. The number of hydrogen-bond acceptors (Lipinski definition) is 4. The van der Waals surface area contributed by atoms with Crippen LogP contribution in [0.4, 0.5) is 18.9 Å². The Labute approximate surface area is 182 Å². The molecule has 1 N–H and O–H groups in total. The third-order valence-electron chi connectivity index (χ3n) is 5.20. The summed E-state index contributed by atoms with van der Waals surface area (Å²) in [5, 5.41) is 2.56. The standard InChI is InChI=1S/C23H31F3N4O/c1-6-30(11-7-10-29(4)5)15-18-8-9-20(13-21(18)23(24,25)26)28-22(31)19-12-16(2)17(3)27-14-19/h8-9,12-14H,6-7,10-11,15H2,1-5H3,(H,28,31). The molecule has 1 aromatic heterocycles. The minimum Gasteiger partial charge on any atom is -0.322 e. The molecule has 1 amide bonds. The van der Waals surface area contributed by atoms with Crippen molar-refractivity contribution in [3.63, 3.8) is 0 Å². The van der Waals surface area contributed by atoms with E-state index in [2.05, 4.69) is 15.2 Å². The van der Waals surface area contributed by atoms with Gasteiger partial charge in [0.15, 0.2) is 0 Å². The lowest BCUT2D eigenvalue weighted by Crippen LogP contribution is -2.28. The first-order valence-corrected chi connectivity index (χ1v) is 10.3. The lowest BCUT2D eigenvalue weighted by atomic mass is 10.0. The highest BCUT2D eigenvalue weighted by Gasteiger charge is 2.34. The topological polar surface area (TPSA) is 48.5 Å². The average molecular weight is 437 g/mol. The first-order valence-electron chi connectivity index (χ1n) is 10.3. The zero-order chi connectivity index (χ0) is 23.2. The van der Waals surface area contributed by atoms with Crippen molar-refractivity contribution in [2.45, 2.75) is 39.9 Å². The number of alkyl halides is 3. The molecule has 0 aliphatic carbocycles. The van der Waals surface area contributed by atoms with Crippen LogP contribution in [-0.4, -0.2) is 54.4 Å². The van der Waals surface area contributed by atoms with Gasteiger partial charge >= 0.3 is 6.18 Å². The fourth-order valence-electron chi connectivity index (χ4n) is 3.23. The second-order valence-electron chi connectivity index (χ2n) is 7.98. The first kappa shape index (κ1) is 24.8. The Kier molecular flexibility index (Phi) is 8.59. The molecule has 0 fully saturated rings. The minimum absolute atomic E-state index is 0.106. The van der Waals surface area contributed by atoms with Crippen molar-refractivity contribution in [1.29, 1.82) is 0 Å². The van der Waals surface area contributed by atoms with Crippen LogP contribution in [0.3, 0.4) is 0 Å². The minimum atomic E-state index is -4.51. The second-order valence-corrected chi connectivity index (χ2v) is 7.98. The van der Waals surface area contributed by atoms with Gasteiger partial charge in [0.1, 0.15) is 0 Å². The predicted octanol–water partition coefficient (Wildman–Crippen LogP) is 4.74. The lowest BCUT2D eigenvalue weighted by molar-refractivity contribution is -0.138. The molecule has 170 valence electrons. The zero-order valence-electron chi connectivity index (χ0n) is 18.8. The van der Waals surface area contributed by atoms with Crippen molar-refractivity contribution in [2.75, 3.05) is 39.0 Å². The third-order valence-corrected chi connectivity index (χ3v) is 5.20. The van der Waals surface area contributed by atoms with E-state index < -0.39 is 17.6 Å². The van der Waals surface area contributed by atoms with Crippen molar-refractivity contribution < 1.29 is 18.0 Å². The van der Waals surface area contributed by atoms with Gasteiger partial charge in [-0.2, -0.15) is 13.2 Å². The van der Waals surface area contributed by atoms with E-state index in [-0.39, 0.29) is 17.8 Å². The number of anilines is 1. The van der Waals surface area contributed by atoms with E-state index >= 15 is 0 Å². The maximum absolute atomic E-state index is 13.8. The quantitative estimate of drug-likeness (QED) is 0.617. The highest BCUT2D eigenvalue weighted by Crippen LogP contribution is 2.34. The fourth-order valence-corrected chi connectivity index (χ4v) is 3.23. The SMILES string of the molecule is CCN(CCCN(C)C)Cc1ccc(NC(=O)c2cnc(C)c(C)c2)cc1C(F)(F)F. The smallest absolute Gasteiger partial charge is 0.322 e. The number of aryl methyl sites for hydroxylation is 2. The summed E-state index contributed by atoms with van der Waals surface area (Å²) in [6.07, 6.45) is -2.22. The normalized spacial score (nSPS) is 11.9. The number of amides is 1. The molecule has 0 spiro atoms. The van der Waals surface area contributed by atoms with Gasteiger partial charge in [0, 0.05) is 24.1 Å². The molecule has 0 atom stereocenters. The van der Waals surface area contributed by atoms with Crippen LogP contribution >= 0.6 is 0 Å². The summed E-state index contributed by atoms with van der Waals surface area (Å²) >= 11 is 0. The van der Waals surface area contributed by atoms with Crippen LogP contribution < -0.4 is 5.32 Å². The zero-order valence-corrected chi connectivity index (χ0v) is 18.8. The highest BCUT2D eigenvalue weighted by molar-refractivity contribution is 6.04. The number of carbonyl (C=O) groups excluding carboxylic acids is 1. The number of nitrogens with one attached hydrogen (secondary N) is 1. The van der Waals surface area contributed by atoms with Crippen LogP contribution in [0.2, 0.25) is 0 Å². The summed E-state index contributed by atoms with van der Waals surface area (Å²) in [6, 6.07) is 5.65. The summed E-state index contributed by atoms with van der Waals surface area (Å²) < 4.78 is 41.3. The Morgan fingerprint density at radius 1 is 1.13 bits per heavy atom. The van der Waals surface area contributed by atoms with Crippen molar-refractivity contribution in [2.24, 2.45) is 0 Å². The van der Waals surface area contributed by atoms with Crippen LogP contribution in [0.1, 0.15) is 46.1 Å². The molecule has 5 nitrogen and oxygen atoms in total. The van der Waals surface area contributed by atoms with Crippen LogP contribution in [0.15, 0.2) is 30.5 Å². The monoisotopic (exact) mass is 436 g/mol. The molecule has 0 radical (unpaired) electrons. The second kappa shape index (κ2) is 10.7. The number of aromatic nitrogens is 1. The Morgan fingerprint density at radius 3 is 2.42 bits per heavy atom. The molecule has 0 aliphatic rings. The largest absolute Gasteiger partial charge is 0.416 e. The van der Waals surface area contributed by atoms with Crippen LogP contribution in [0.5, 0.6) is 0 Å². The van der Waals surface area contributed by atoms with Crippen molar-refractivity contribution in [3.8, 4) is 0 Å². The van der Waals surface area contributed by atoms with Crippen molar-refractivity contribution in [1.82, 2.24) is 14.8 Å². The Hall–Kier alpha value is -2.45. The highest BCUT2D eigenvalue weighted by atomic mass is 19.4. The number of hydrogen-bond donors (Lipinski definition) is 1. The molecule has 1 aromatic carbocycles. The maximum Gasteiger partial charge on any atom is 0.416 e. The Balaban J connectivity index is 2.20. The van der Waals surface area contributed by atoms with Gasteiger partial charge in [-0.3, -0.25) is 14.7 Å². The van der Waals surface area contributed by atoms with Gasteiger partial charge in [-0.25, -0.2) is 0 Å². The molecule has 8 heteroatoms. The van der Waals surface area contributed by atoms with E-state index in [9.17, 15) is 18.0 Å². The summed E-state index contributed by atoms with van der Waals surface area (Å²) in [4.78, 5) is 20.7. The number of carbonyl (C=O) groups is 1. The van der Waals surface area contributed by atoms with E-state index in [1.54, 1.807) is 6.07 Å². The van der Waals surface area contributed by atoms with Crippen LogP contribution in [0, 0.1) is 13.8 Å². The average Bonchev–Trinajstić information content (AvgIpc) is 2.69. The molecule has 0 aliphatic heterocycles. The van der Waals surface area contributed by atoms with Gasteiger partial charge in [0.05, 0.1) is 11.1 Å². The van der Waals surface area contributed by atoms with E-state index in [1.165, 1.54) is 18.3 Å². The molecule has 0 bridgehead atoms. The summed E-state index contributed by atoms with van der Waals surface area (Å²) in [5.74, 6) is -0.490. The summed E-state index contributed by atoms with van der Waals surface area (Å²) in [6.45, 7) is 8.04. The van der Waals surface area contributed by atoms with E-state index in [4.69, 9.17) is 0 Å². The molecule has 0 saturated carbocycles. The molecule has 31 heavy (non-hydrogen) atoms.